The van der Waals surface area contributed by atoms with Crippen LogP contribution in [0.2, 0.25) is 0 Å². The van der Waals surface area contributed by atoms with E-state index in [9.17, 15) is 15.0 Å². The lowest BCUT2D eigenvalue weighted by molar-refractivity contribution is 0.0447. The van der Waals surface area contributed by atoms with Gasteiger partial charge < -0.3 is 19.7 Å². The number of ether oxygens (including phenoxy) is 2. The number of carbonyl (C=O) groups excluding carboxylic acids is 1. The van der Waals surface area contributed by atoms with Crippen LogP contribution in [0.15, 0.2) is 36.4 Å². The molecule has 0 saturated carbocycles. The van der Waals surface area contributed by atoms with Crippen LogP contribution < -0.4 is 4.74 Å². The maximum Gasteiger partial charge on any atom is 0.338 e. The smallest absolute Gasteiger partial charge is 0.338 e. The van der Waals surface area contributed by atoms with Crippen molar-refractivity contribution in [3.8, 4) is 5.75 Å². The molecule has 0 fully saturated rings. The summed E-state index contributed by atoms with van der Waals surface area (Å²) in [7, 11) is 0. The molecule has 0 bridgehead atoms. The third-order valence-corrected chi connectivity index (χ3v) is 8.87. The predicted molar refractivity (Wildman–Crippen MR) is 155 cm³/mol. The van der Waals surface area contributed by atoms with E-state index in [0.717, 1.165) is 54.0 Å². The Balaban J connectivity index is 1.38. The lowest BCUT2D eigenvalue weighted by Crippen LogP contribution is -2.24. The molecule has 39 heavy (non-hydrogen) atoms. The summed E-state index contributed by atoms with van der Waals surface area (Å²) in [6.45, 7) is 8.15. The van der Waals surface area contributed by atoms with Crippen LogP contribution in [0.1, 0.15) is 128 Å². The van der Waals surface area contributed by atoms with Crippen LogP contribution in [0.5, 0.6) is 5.75 Å². The van der Waals surface area contributed by atoms with Crippen LogP contribution in [0, 0.1) is 0 Å². The van der Waals surface area contributed by atoms with Crippen molar-refractivity contribution in [1.82, 2.24) is 0 Å². The number of rotatable bonds is 9. The monoisotopic (exact) mass is 530 g/mol. The second-order valence-electron chi connectivity index (χ2n) is 11.4. The number of hydrogen-bond donors (Lipinski definition) is 2. The molecule has 0 saturated heterocycles. The van der Waals surface area contributed by atoms with E-state index in [-0.39, 0.29) is 19.2 Å². The van der Waals surface area contributed by atoms with Gasteiger partial charge in [0.2, 0.25) is 0 Å². The molecule has 5 rings (SSSR count). The summed E-state index contributed by atoms with van der Waals surface area (Å²) >= 11 is 0. The fourth-order valence-electron chi connectivity index (χ4n) is 6.96. The topological polar surface area (TPSA) is 76.0 Å². The number of aliphatic hydroxyl groups excluding tert-OH is 2. The largest absolute Gasteiger partial charge is 0.489 e. The molecule has 0 radical (unpaired) electrons. The number of fused-ring (bicyclic) bond motifs is 1. The molecule has 0 aromatic heterocycles. The molecule has 208 valence electrons. The van der Waals surface area contributed by atoms with Crippen molar-refractivity contribution in [1.29, 1.82) is 0 Å². The van der Waals surface area contributed by atoms with Crippen molar-refractivity contribution in [3.05, 3.63) is 75.3 Å². The fourth-order valence-corrected chi connectivity index (χ4v) is 6.96. The summed E-state index contributed by atoms with van der Waals surface area (Å²) in [5.41, 5.74) is 7.16. The second kappa shape index (κ2) is 11.7. The molecule has 3 atom stereocenters. The van der Waals surface area contributed by atoms with Gasteiger partial charge in [0, 0.05) is 11.1 Å². The quantitative estimate of drug-likeness (QED) is 0.222. The first kappa shape index (κ1) is 27.7. The van der Waals surface area contributed by atoms with Gasteiger partial charge in [-0.15, -0.1) is 0 Å². The summed E-state index contributed by atoms with van der Waals surface area (Å²) < 4.78 is 12.0. The summed E-state index contributed by atoms with van der Waals surface area (Å²) in [5, 5.41) is 23.7. The van der Waals surface area contributed by atoms with E-state index in [4.69, 9.17) is 9.47 Å². The minimum absolute atomic E-state index is 0.0772. The summed E-state index contributed by atoms with van der Waals surface area (Å²) in [6, 6.07) is 11.9. The molecule has 0 aliphatic heterocycles. The van der Waals surface area contributed by atoms with Crippen LogP contribution in [0.4, 0.5) is 0 Å². The van der Waals surface area contributed by atoms with Crippen LogP contribution >= 0.6 is 0 Å². The van der Waals surface area contributed by atoms with Crippen molar-refractivity contribution in [2.24, 2.45) is 0 Å². The fraction of sp³-hybridized carbons (Fsp3) is 0.500. The van der Waals surface area contributed by atoms with E-state index in [1.807, 2.05) is 24.3 Å². The van der Waals surface area contributed by atoms with Crippen molar-refractivity contribution >= 4 is 16.7 Å². The lowest BCUT2D eigenvalue weighted by atomic mass is 9.69. The van der Waals surface area contributed by atoms with Gasteiger partial charge in [0.25, 0.3) is 0 Å². The Morgan fingerprint density at radius 2 is 1.51 bits per heavy atom. The SMILES string of the molecule is CCC(C)c1cccc2c(C(=O)OCCOc3c(C(C)O)c4c5c(c3C(C)O)CCCC5CCC4)cccc12. The highest BCUT2D eigenvalue weighted by Crippen LogP contribution is 2.50. The molecule has 2 aliphatic carbocycles. The van der Waals surface area contributed by atoms with E-state index < -0.39 is 12.2 Å². The first-order valence-corrected chi connectivity index (χ1v) is 14.7. The average molecular weight is 531 g/mol. The highest BCUT2D eigenvalue weighted by atomic mass is 16.6. The summed E-state index contributed by atoms with van der Waals surface area (Å²) in [6.07, 6.45) is 5.99. The number of benzene rings is 3. The zero-order valence-corrected chi connectivity index (χ0v) is 23.8. The number of hydrogen-bond acceptors (Lipinski definition) is 5. The van der Waals surface area contributed by atoms with Gasteiger partial charge in [0.05, 0.1) is 17.8 Å². The van der Waals surface area contributed by atoms with Gasteiger partial charge in [0.1, 0.15) is 19.0 Å². The molecule has 0 heterocycles. The number of carbonyl (C=O) groups is 1. The van der Waals surface area contributed by atoms with Crippen LogP contribution in [-0.2, 0) is 17.6 Å². The molecule has 5 heteroatoms. The molecule has 0 spiro atoms. The van der Waals surface area contributed by atoms with Crippen molar-refractivity contribution in [2.45, 2.75) is 96.7 Å². The predicted octanol–water partition coefficient (Wildman–Crippen LogP) is 7.45. The van der Waals surface area contributed by atoms with Crippen molar-refractivity contribution in [2.75, 3.05) is 13.2 Å². The summed E-state index contributed by atoms with van der Waals surface area (Å²) in [5.74, 6) is 1.11. The van der Waals surface area contributed by atoms with E-state index in [0.29, 0.717) is 23.1 Å². The Morgan fingerprint density at radius 1 is 0.897 bits per heavy atom. The van der Waals surface area contributed by atoms with Gasteiger partial charge in [-0.25, -0.2) is 4.79 Å². The zero-order chi connectivity index (χ0) is 27.7. The lowest BCUT2D eigenvalue weighted by Gasteiger charge is -2.37. The zero-order valence-electron chi connectivity index (χ0n) is 23.8. The third kappa shape index (κ3) is 5.19. The third-order valence-electron chi connectivity index (χ3n) is 8.87. The minimum Gasteiger partial charge on any atom is -0.489 e. The normalized spacial score (nSPS) is 18.8. The number of esters is 1. The van der Waals surface area contributed by atoms with Crippen molar-refractivity contribution < 1.29 is 24.5 Å². The molecule has 3 aromatic carbocycles. The molecular weight excluding hydrogens is 488 g/mol. The van der Waals surface area contributed by atoms with Crippen LogP contribution in [0.25, 0.3) is 10.8 Å². The Labute approximate surface area is 232 Å². The van der Waals surface area contributed by atoms with Gasteiger partial charge in [0.15, 0.2) is 0 Å². The molecule has 0 amide bonds. The Morgan fingerprint density at radius 3 is 2.13 bits per heavy atom. The van der Waals surface area contributed by atoms with E-state index in [1.54, 1.807) is 13.8 Å². The molecule has 3 aromatic rings. The molecule has 2 N–H and O–H groups in total. The standard InChI is InChI=1S/C34H42O5/c1-5-20(2)24-12-8-14-26-25(24)13-9-15-27(26)34(37)39-19-18-38-33-30(21(3)35)28-16-6-10-23-11-7-17-29(32(23)28)31(33)22(4)36/h8-9,12-15,20-23,35-36H,5-7,10-11,16-19H2,1-4H3. The maximum atomic E-state index is 13.1. The van der Waals surface area contributed by atoms with E-state index >= 15 is 0 Å². The van der Waals surface area contributed by atoms with Crippen LogP contribution in [-0.4, -0.2) is 29.4 Å². The van der Waals surface area contributed by atoms with E-state index in [2.05, 4.69) is 26.0 Å². The molecule has 2 aliphatic rings. The van der Waals surface area contributed by atoms with Gasteiger partial charge in [-0.05, 0) is 110 Å². The van der Waals surface area contributed by atoms with Gasteiger partial charge in [-0.1, -0.05) is 44.2 Å². The highest BCUT2D eigenvalue weighted by Gasteiger charge is 2.35. The highest BCUT2D eigenvalue weighted by molar-refractivity contribution is 6.05. The van der Waals surface area contributed by atoms with E-state index in [1.165, 1.54) is 35.1 Å². The molecule has 3 unspecified atom stereocenters. The summed E-state index contributed by atoms with van der Waals surface area (Å²) in [4.78, 5) is 13.1. The maximum absolute atomic E-state index is 13.1. The average Bonchev–Trinajstić information content (AvgIpc) is 2.94. The second-order valence-corrected chi connectivity index (χ2v) is 11.4. The Bertz CT molecular complexity index is 1310. The van der Waals surface area contributed by atoms with Crippen LogP contribution in [0.3, 0.4) is 0 Å². The first-order valence-electron chi connectivity index (χ1n) is 14.7. The van der Waals surface area contributed by atoms with Crippen molar-refractivity contribution in [3.63, 3.8) is 0 Å². The van der Waals surface area contributed by atoms with Gasteiger partial charge in [-0.2, -0.15) is 0 Å². The Kier molecular flexibility index (Phi) is 8.29. The van der Waals surface area contributed by atoms with Gasteiger partial charge in [-0.3, -0.25) is 0 Å². The molecular formula is C34H42O5. The molecule has 5 nitrogen and oxygen atoms in total. The minimum atomic E-state index is -0.712. The van der Waals surface area contributed by atoms with Gasteiger partial charge >= 0.3 is 5.97 Å². The Hall–Kier alpha value is -2.89. The first-order chi connectivity index (χ1) is 18.8. The number of aliphatic hydroxyl groups is 2.